The van der Waals surface area contributed by atoms with Crippen molar-refractivity contribution < 1.29 is 23.1 Å². The van der Waals surface area contributed by atoms with Crippen molar-refractivity contribution >= 4 is 11.7 Å². The average Bonchev–Trinajstić information content (AvgIpc) is 2.80. The van der Waals surface area contributed by atoms with Crippen LogP contribution in [0.4, 0.5) is 18.9 Å². The van der Waals surface area contributed by atoms with Gasteiger partial charge in [-0.3, -0.25) is 0 Å². The minimum atomic E-state index is -4.65. The normalized spacial score (nSPS) is 22.1. The third-order valence-corrected chi connectivity index (χ3v) is 3.84. The SMILES string of the molecule is CC1(C(=O)O)CCCN1c1ccc(C#N)c(C(F)(F)F)c1. The first-order valence-electron chi connectivity index (χ1n) is 6.32. The van der Waals surface area contributed by atoms with Gasteiger partial charge in [0.15, 0.2) is 0 Å². The van der Waals surface area contributed by atoms with Crippen LogP contribution in [0.3, 0.4) is 0 Å². The van der Waals surface area contributed by atoms with Crippen LogP contribution in [-0.4, -0.2) is 23.2 Å². The van der Waals surface area contributed by atoms with E-state index in [9.17, 15) is 23.1 Å². The van der Waals surface area contributed by atoms with Crippen molar-refractivity contribution in [1.82, 2.24) is 0 Å². The Balaban J connectivity index is 2.52. The highest BCUT2D eigenvalue weighted by atomic mass is 19.4. The molecular formula is C14H13F3N2O2. The van der Waals surface area contributed by atoms with Gasteiger partial charge in [-0.05, 0) is 38.0 Å². The maximum Gasteiger partial charge on any atom is 0.417 e. The number of hydrogen-bond donors (Lipinski definition) is 1. The van der Waals surface area contributed by atoms with E-state index in [0.717, 1.165) is 12.1 Å². The smallest absolute Gasteiger partial charge is 0.417 e. The second-order valence-electron chi connectivity index (χ2n) is 5.17. The number of alkyl halides is 3. The van der Waals surface area contributed by atoms with Crippen molar-refractivity contribution in [1.29, 1.82) is 5.26 Å². The zero-order valence-corrected chi connectivity index (χ0v) is 11.2. The summed E-state index contributed by atoms with van der Waals surface area (Å²) in [7, 11) is 0. The molecule has 1 aliphatic heterocycles. The van der Waals surface area contributed by atoms with Crippen LogP contribution >= 0.6 is 0 Å². The van der Waals surface area contributed by atoms with Crippen LogP contribution in [0.2, 0.25) is 0 Å². The van der Waals surface area contributed by atoms with Crippen LogP contribution in [0, 0.1) is 11.3 Å². The summed E-state index contributed by atoms with van der Waals surface area (Å²) < 4.78 is 38.9. The fourth-order valence-electron chi connectivity index (χ4n) is 2.63. The van der Waals surface area contributed by atoms with Gasteiger partial charge in [-0.25, -0.2) is 4.79 Å². The first-order chi connectivity index (χ1) is 9.70. The van der Waals surface area contributed by atoms with E-state index in [-0.39, 0.29) is 5.69 Å². The molecule has 21 heavy (non-hydrogen) atoms. The Morgan fingerprint density at radius 3 is 2.67 bits per heavy atom. The van der Waals surface area contributed by atoms with E-state index in [2.05, 4.69) is 0 Å². The quantitative estimate of drug-likeness (QED) is 0.911. The van der Waals surface area contributed by atoms with Gasteiger partial charge >= 0.3 is 12.1 Å². The Labute approximate surface area is 119 Å². The molecule has 1 aromatic carbocycles. The molecule has 0 radical (unpaired) electrons. The maximum atomic E-state index is 13.0. The molecule has 0 aromatic heterocycles. The summed E-state index contributed by atoms with van der Waals surface area (Å²) in [5.74, 6) is -1.07. The summed E-state index contributed by atoms with van der Waals surface area (Å²) in [6, 6.07) is 4.80. The van der Waals surface area contributed by atoms with Gasteiger partial charge < -0.3 is 10.0 Å². The highest BCUT2D eigenvalue weighted by Crippen LogP contribution is 2.39. The molecule has 7 heteroatoms. The maximum absolute atomic E-state index is 13.0. The molecule has 1 heterocycles. The summed E-state index contributed by atoms with van der Waals surface area (Å²) in [4.78, 5) is 12.8. The summed E-state index contributed by atoms with van der Waals surface area (Å²) >= 11 is 0. The van der Waals surface area contributed by atoms with E-state index in [4.69, 9.17) is 5.26 Å². The Bertz CT molecular complexity index is 622. The van der Waals surface area contributed by atoms with Crippen molar-refractivity contribution in [3.05, 3.63) is 29.3 Å². The van der Waals surface area contributed by atoms with Crippen molar-refractivity contribution in [2.45, 2.75) is 31.5 Å². The minimum Gasteiger partial charge on any atom is -0.480 e. The first kappa shape index (κ1) is 15.2. The van der Waals surface area contributed by atoms with E-state index in [1.54, 1.807) is 0 Å². The van der Waals surface area contributed by atoms with Crippen LogP contribution in [0.15, 0.2) is 18.2 Å². The molecule has 1 saturated heterocycles. The third-order valence-electron chi connectivity index (χ3n) is 3.84. The molecule has 0 saturated carbocycles. The predicted octanol–water partition coefficient (Wildman–Crippen LogP) is 3.02. The molecule has 2 rings (SSSR count). The minimum absolute atomic E-state index is 0.170. The number of carbonyl (C=O) groups is 1. The lowest BCUT2D eigenvalue weighted by Gasteiger charge is -2.33. The van der Waals surface area contributed by atoms with E-state index in [0.29, 0.717) is 19.4 Å². The zero-order chi connectivity index (χ0) is 15.8. The highest BCUT2D eigenvalue weighted by Gasteiger charge is 2.44. The van der Waals surface area contributed by atoms with Gasteiger partial charge in [-0.15, -0.1) is 0 Å². The number of nitriles is 1. The summed E-state index contributed by atoms with van der Waals surface area (Å²) in [6.45, 7) is 1.86. The number of nitrogens with zero attached hydrogens (tertiary/aromatic N) is 2. The molecule has 0 bridgehead atoms. The molecule has 0 amide bonds. The molecule has 1 unspecified atom stereocenters. The van der Waals surface area contributed by atoms with Crippen LogP contribution in [-0.2, 0) is 11.0 Å². The molecule has 1 aliphatic rings. The van der Waals surface area contributed by atoms with E-state index in [1.165, 1.54) is 24.0 Å². The number of anilines is 1. The van der Waals surface area contributed by atoms with E-state index < -0.39 is 28.8 Å². The van der Waals surface area contributed by atoms with E-state index >= 15 is 0 Å². The molecular weight excluding hydrogens is 285 g/mol. The highest BCUT2D eigenvalue weighted by molar-refractivity contribution is 5.84. The molecule has 1 N–H and O–H groups in total. The van der Waals surface area contributed by atoms with Gasteiger partial charge in [0.05, 0.1) is 17.2 Å². The van der Waals surface area contributed by atoms with Crippen LogP contribution in [0.1, 0.15) is 30.9 Å². The van der Waals surface area contributed by atoms with Gasteiger partial charge in [-0.2, -0.15) is 18.4 Å². The van der Waals surface area contributed by atoms with Crippen molar-refractivity contribution in [2.24, 2.45) is 0 Å². The lowest BCUT2D eigenvalue weighted by Crippen LogP contribution is -2.48. The van der Waals surface area contributed by atoms with Gasteiger partial charge in [0.1, 0.15) is 5.54 Å². The molecule has 4 nitrogen and oxygen atoms in total. The van der Waals surface area contributed by atoms with Gasteiger partial charge in [0.25, 0.3) is 0 Å². The number of rotatable bonds is 2. The Hall–Kier alpha value is -2.23. The van der Waals surface area contributed by atoms with Crippen LogP contribution < -0.4 is 4.90 Å². The third kappa shape index (κ3) is 2.53. The van der Waals surface area contributed by atoms with Crippen LogP contribution in [0.25, 0.3) is 0 Å². The lowest BCUT2D eigenvalue weighted by molar-refractivity contribution is -0.142. The Morgan fingerprint density at radius 1 is 1.48 bits per heavy atom. The zero-order valence-electron chi connectivity index (χ0n) is 11.2. The predicted molar refractivity (Wildman–Crippen MR) is 68.8 cm³/mol. The van der Waals surface area contributed by atoms with Crippen LogP contribution in [0.5, 0.6) is 0 Å². The van der Waals surface area contributed by atoms with E-state index in [1.807, 2.05) is 0 Å². The molecule has 0 spiro atoms. The van der Waals surface area contributed by atoms with Crippen molar-refractivity contribution in [2.75, 3.05) is 11.4 Å². The van der Waals surface area contributed by atoms with Gasteiger partial charge in [0.2, 0.25) is 0 Å². The average molecular weight is 298 g/mol. The number of halogens is 3. The molecule has 1 fully saturated rings. The standard InChI is InChI=1S/C14H13F3N2O2/c1-13(12(20)21)5-2-6-19(13)10-4-3-9(8-18)11(7-10)14(15,16)17/h3-4,7H,2,5-6H2,1H3,(H,20,21). The molecule has 112 valence electrons. The van der Waals surface area contributed by atoms with Crippen molar-refractivity contribution in [3.63, 3.8) is 0 Å². The second kappa shape index (κ2) is 4.95. The first-order valence-corrected chi connectivity index (χ1v) is 6.32. The lowest BCUT2D eigenvalue weighted by atomic mass is 9.98. The summed E-state index contributed by atoms with van der Waals surface area (Å²) in [5, 5.41) is 18.1. The van der Waals surface area contributed by atoms with Gasteiger partial charge in [0, 0.05) is 12.2 Å². The second-order valence-corrected chi connectivity index (χ2v) is 5.17. The summed E-state index contributed by atoms with van der Waals surface area (Å²) in [5.41, 5.74) is -2.56. The number of benzene rings is 1. The largest absolute Gasteiger partial charge is 0.480 e. The Kier molecular flexibility index (Phi) is 3.58. The fraction of sp³-hybridized carbons (Fsp3) is 0.429. The molecule has 0 aliphatic carbocycles. The molecule has 1 atom stereocenters. The topological polar surface area (TPSA) is 64.3 Å². The van der Waals surface area contributed by atoms with Gasteiger partial charge in [-0.1, -0.05) is 0 Å². The summed E-state index contributed by atoms with van der Waals surface area (Å²) in [6.07, 6.45) is -3.70. The number of aliphatic carboxylic acids is 1. The number of hydrogen-bond acceptors (Lipinski definition) is 3. The fourth-order valence-corrected chi connectivity index (χ4v) is 2.63. The number of carboxylic acids is 1. The monoisotopic (exact) mass is 298 g/mol. The number of carboxylic acid groups (broad SMARTS) is 1. The van der Waals surface area contributed by atoms with Crippen molar-refractivity contribution in [3.8, 4) is 6.07 Å². The molecule has 1 aromatic rings. The Morgan fingerprint density at radius 2 is 2.14 bits per heavy atom.